The Hall–Kier alpha value is -1.87. The van der Waals surface area contributed by atoms with Crippen molar-refractivity contribution >= 4 is 0 Å². The minimum absolute atomic E-state index is 0.516. The van der Waals surface area contributed by atoms with Gasteiger partial charge in [0.15, 0.2) is 0 Å². The molecule has 3 heteroatoms. The van der Waals surface area contributed by atoms with E-state index in [4.69, 9.17) is 4.74 Å². The maximum Gasteiger partial charge on any atom is 0.130 e. The third kappa shape index (κ3) is 3.36. The van der Waals surface area contributed by atoms with Gasteiger partial charge < -0.3 is 10.1 Å². The van der Waals surface area contributed by atoms with Gasteiger partial charge in [0.2, 0.25) is 0 Å². The first-order valence-electron chi connectivity index (χ1n) is 7.17. The molecule has 0 saturated heterocycles. The molecule has 1 heterocycles. The molecular weight excluding hydrogens is 248 g/mol. The number of rotatable bonds is 6. The topological polar surface area (TPSA) is 34.1 Å². The van der Waals surface area contributed by atoms with E-state index in [-0.39, 0.29) is 0 Å². The predicted octanol–water partition coefficient (Wildman–Crippen LogP) is 3.22. The van der Waals surface area contributed by atoms with Crippen molar-refractivity contribution in [2.45, 2.75) is 39.0 Å². The third-order valence-electron chi connectivity index (χ3n) is 3.54. The fourth-order valence-corrected chi connectivity index (χ4v) is 2.23. The van der Waals surface area contributed by atoms with Crippen molar-refractivity contribution in [3.05, 3.63) is 59.4 Å². The lowest BCUT2D eigenvalue weighted by Gasteiger charge is -2.14. The van der Waals surface area contributed by atoms with Gasteiger partial charge in [-0.2, -0.15) is 0 Å². The van der Waals surface area contributed by atoms with Crippen LogP contribution in [0.4, 0.5) is 0 Å². The maximum atomic E-state index is 6.00. The summed E-state index contributed by atoms with van der Waals surface area (Å²) in [6, 6.07) is 12.9. The Labute approximate surface area is 120 Å². The molecule has 1 saturated carbocycles. The van der Waals surface area contributed by atoms with Crippen LogP contribution in [0.5, 0.6) is 5.75 Å². The zero-order valence-electron chi connectivity index (χ0n) is 11.8. The van der Waals surface area contributed by atoms with Crippen LogP contribution in [0.3, 0.4) is 0 Å². The first kappa shape index (κ1) is 13.1. The van der Waals surface area contributed by atoms with E-state index in [1.807, 2.05) is 18.2 Å². The fourth-order valence-electron chi connectivity index (χ4n) is 2.23. The van der Waals surface area contributed by atoms with E-state index in [9.17, 15) is 0 Å². The van der Waals surface area contributed by atoms with Crippen molar-refractivity contribution in [3.63, 3.8) is 0 Å². The number of ether oxygens (including phenoxy) is 1. The number of pyridine rings is 1. The first-order valence-corrected chi connectivity index (χ1v) is 7.17. The Morgan fingerprint density at radius 3 is 2.85 bits per heavy atom. The van der Waals surface area contributed by atoms with Crippen molar-refractivity contribution in [2.75, 3.05) is 0 Å². The van der Waals surface area contributed by atoms with Gasteiger partial charge in [-0.05, 0) is 37.5 Å². The molecule has 3 rings (SSSR count). The van der Waals surface area contributed by atoms with E-state index >= 15 is 0 Å². The molecule has 0 aliphatic heterocycles. The Morgan fingerprint density at radius 1 is 1.20 bits per heavy atom. The summed E-state index contributed by atoms with van der Waals surface area (Å²) in [5.41, 5.74) is 3.36. The number of nitrogens with zero attached hydrogens (tertiary/aromatic N) is 1. The molecule has 0 radical (unpaired) electrons. The summed E-state index contributed by atoms with van der Waals surface area (Å²) in [5.74, 6) is 0.992. The lowest BCUT2D eigenvalue weighted by atomic mass is 10.1. The normalized spacial score (nSPS) is 14.2. The molecule has 0 spiro atoms. The molecule has 0 amide bonds. The highest BCUT2D eigenvalue weighted by Crippen LogP contribution is 2.26. The molecule has 0 bridgehead atoms. The molecule has 1 N–H and O–H groups in total. The maximum absolute atomic E-state index is 6.00. The standard InChI is InChI=1S/C17H20N2O/c1-13-5-4-6-14(11-19-15-8-9-15)17(13)20-12-16-7-2-3-10-18-16/h2-7,10,15,19H,8-9,11-12H2,1H3. The summed E-state index contributed by atoms with van der Waals surface area (Å²) < 4.78 is 6.00. The van der Waals surface area contributed by atoms with Crippen LogP contribution in [-0.4, -0.2) is 11.0 Å². The molecule has 1 aliphatic rings. The predicted molar refractivity (Wildman–Crippen MR) is 79.6 cm³/mol. The van der Waals surface area contributed by atoms with Crippen LogP contribution in [0.15, 0.2) is 42.6 Å². The van der Waals surface area contributed by atoms with Gasteiger partial charge in [-0.1, -0.05) is 24.3 Å². The molecule has 3 nitrogen and oxygen atoms in total. The van der Waals surface area contributed by atoms with Gasteiger partial charge in [-0.15, -0.1) is 0 Å². The number of hydrogen-bond donors (Lipinski definition) is 1. The molecule has 20 heavy (non-hydrogen) atoms. The molecule has 104 valence electrons. The Balaban J connectivity index is 1.69. The van der Waals surface area contributed by atoms with Crippen molar-refractivity contribution in [1.82, 2.24) is 10.3 Å². The smallest absolute Gasteiger partial charge is 0.130 e. The molecular formula is C17H20N2O. The van der Waals surface area contributed by atoms with Crippen molar-refractivity contribution < 1.29 is 4.74 Å². The Kier molecular flexibility index (Phi) is 3.97. The van der Waals surface area contributed by atoms with Crippen molar-refractivity contribution in [1.29, 1.82) is 0 Å². The zero-order valence-corrected chi connectivity index (χ0v) is 11.8. The minimum Gasteiger partial charge on any atom is -0.487 e. The highest BCUT2D eigenvalue weighted by atomic mass is 16.5. The van der Waals surface area contributed by atoms with Crippen LogP contribution in [0.1, 0.15) is 29.7 Å². The van der Waals surface area contributed by atoms with E-state index in [2.05, 4.69) is 35.4 Å². The zero-order chi connectivity index (χ0) is 13.8. The molecule has 2 aromatic rings. The van der Waals surface area contributed by atoms with Gasteiger partial charge in [0.05, 0.1) is 5.69 Å². The quantitative estimate of drug-likeness (QED) is 0.873. The first-order chi connectivity index (χ1) is 9.83. The second-order valence-electron chi connectivity index (χ2n) is 5.33. The van der Waals surface area contributed by atoms with Gasteiger partial charge in [0.1, 0.15) is 12.4 Å². The van der Waals surface area contributed by atoms with Crippen molar-refractivity contribution in [3.8, 4) is 5.75 Å². The van der Waals surface area contributed by atoms with Gasteiger partial charge in [0.25, 0.3) is 0 Å². The summed E-state index contributed by atoms with van der Waals surface area (Å²) in [7, 11) is 0. The highest BCUT2D eigenvalue weighted by Gasteiger charge is 2.20. The SMILES string of the molecule is Cc1cccc(CNC2CC2)c1OCc1ccccn1. The summed E-state index contributed by atoms with van der Waals surface area (Å²) in [5, 5.41) is 3.54. The number of nitrogens with one attached hydrogen (secondary N) is 1. The summed E-state index contributed by atoms with van der Waals surface area (Å²) in [6.45, 7) is 3.49. The Bertz CT molecular complexity index is 564. The van der Waals surface area contributed by atoms with E-state index in [1.54, 1.807) is 6.20 Å². The van der Waals surface area contributed by atoms with Gasteiger partial charge in [0, 0.05) is 24.3 Å². The van der Waals surface area contributed by atoms with Crippen LogP contribution in [0.25, 0.3) is 0 Å². The van der Waals surface area contributed by atoms with Gasteiger partial charge in [-0.3, -0.25) is 4.98 Å². The average molecular weight is 268 g/mol. The number of hydrogen-bond acceptors (Lipinski definition) is 3. The lowest BCUT2D eigenvalue weighted by molar-refractivity contribution is 0.295. The highest BCUT2D eigenvalue weighted by molar-refractivity contribution is 5.40. The number of benzene rings is 1. The average Bonchev–Trinajstić information content (AvgIpc) is 3.29. The van der Waals surface area contributed by atoms with Crippen LogP contribution in [-0.2, 0) is 13.2 Å². The van der Waals surface area contributed by atoms with E-state index in [0.29, 0.717) is 12.6 Å². The molecule has 1 fully saturated rings. The lowest BCUT2D eigenvalue weighted by Crippen LogP contribution is -2.16. The number of para-hydroxylation sites is 1. The molecule has 1 aliphatic carbocycles. The second kappa shape index (κ2) is 6.06. The second-order valence-corrected chi connectivity index (χ2v) is 5.33. The molecule has 0 atom stereocenters. The van der Waals surface area contributed by atoms with Crippen LogP contribution in [0, 0.1) is 6.92 Å². The number of aromatic nitrogens is 1. The Morgan fingerprint density at radius 2 is 2.10 bits per heavy atom. The summed E-state index contributed by atoms with van der Waals surface area (Å²) in [4.78, 5) is 4.30. The summed E-state index contributed by atoms with van der Waals surface area (Å²) >= 11 is 0. The van der Waals surface area contributed by atoms with E-state index in [1.165, 1.54) is 24.0 Å². The van der Waals surface area contributed by atoms with Gasteiger partial charge >= 0.3 is 0 Å². The fraction of sp³-hybridized carbons (Fsp3) is 0.353. The van der Waals surface area contributed by atoms with Crippen molar-refractivity contribution in [2.24, 2.45) is 0 Å². The van der Waals surface area contributed by atoms with Crippen LogP contribution >= 0.6 is 0 Å². The molecule has 1 aromatic heterocycles. The van der Waals surface area contributed by atoms with Crippen LogP contribution < -0.4 is 10.1 Å². The minimum atomic E-state index is 0.516. The monoisotopic (exact) mass is 268 g/mol. The van der Waals surface area contributed by atoms with Gasteiger partial charge in [-0.25, -0.2) is 0 Å². The van der Waals surface area contributed by atoms with E-state index in [0.717, 1.165) is 18.0 Å². The molecule has 0 unspecified atom stereocenters. The summed E-state index contributed by atoms with van der Waals surface area (Å²) in [6.07, 6.45) is 4.40. The molecule has 1 aromatic carbocycles. The van der Waals surface area contributed by atoms with Crippen LogP contribution in [0.2, 0.25) is 0 Å². The third-order valence-corrected chi connectivity index (χ3v) is 3.54. The number of aryl methyl sites for hydroxylation is 1. The van der Waals surface area contributed by atoms with E-state index < -0.39 is 0 Å². The largest absolute Gasteiger partial charge is 0.487 e.